The Kier molecular flexibility index (Phi) is 5.49. The van der Waals surface area contributed by atoms with Crippen LogP contribution in [0.2, 0.25) is 0 Å². The number of sulfonamides is 1. The van der Waals surface area contributed by atoms with Crippen LogP contribution in [0.5, 0.6) is 0 Å². The van der Waals surface area contributed by atoms with Crippen molar-refractivity contribution in [1.29, 1.82) is 0 Å². The number of amides is 1. The Bertz CT molecular complexity index is 477. The lowest BCUT2D eigenvalue weighted by atomic mass is 10.2. The summed E-state index contributed by atoms with van der Waals surface area (Å²) in [6, 6.07) is -2.17. The number of aliphatic hydroxyl groups is 1. The second kappa shape index (κ2) is 6.51. The Morgan fingerprint density at radius 3 is 2.55 bits per heavy atom. The second-order valence-corrected chi connectivity index (χ2v) is 6.77. The van der Waals surface area contributed by atoms with E-state index in [4.69, 9.17) is 5.11 Å². The largest absolute Gasteiger partial charge is 0.480 e. The standard InChI is InChI=1S/C11H20N2O6S/c1-3-4-20(18,19)12-7(2)10(15)13-6-8(14)5-9(13)11(16)17/h7-9,12,14H,3-6H2,1-2H3,(H,16,17)/t7?,8-,9-/m1/s1. The summed E-state index contributed by atoms with van der Waals surface area (Å²) >= 11 is 0. The maximum atomic E-state index is 12.1. The van der Waals surface area contributed by atoms with Gasteiger partial charge in [-0.15, -0.1) is 0 Å². The topological polar surface area (TPSA) is 124 Å². The van der Waals surface area contributed by atoms with Gasteiger partial charge in [0, 0.05) is 13.0 Å². The predicted octanol–water partition coefficient (Wildman–Crippen LogP) is -1.25. The SMILES string of the molecule is CCCS(=O)(=O)NC(C)C(=O)N1C[C@H](O)C[C@@H]1C(=O)O. The molecule has 0 saturated carbocycles. The highest BCUT2D eigenvalue weighted by atomic mass is 32.2. The molecule has 1 aliphatic heterocycles. The normalized spacial score (nSPS) is 24.6. The zero-order chi connectivity index (χ0) is 15.5. The number of nitrogens with one attached hydrogen (secondary N) is 1. The molecule has 0 aliphatic carbocycles. The van der Waals surface area contributed by atoms with Crippen molar-refractivity contribution in [3.63, 3.8) is 0 Å². The minimum atomic E-state index is -3.56. The Balaban J connectivity index is 2.76. The van der Waals surface area contributed by atoms with Gasteiger partial charge in [0.2, 0.25) is 15.9 Å². The van der Waals surface area contributed by atoms with E-state index in [2.05, 4.69) is 4.72 Å². The van der Waals surface area contributed by atoms with Crippen LogP contribution < -0.4 is 4.72 Å². The average Bonchev–Trinajstić information content (AvgIpc) is 2.69. The van der Waals surface area contributed by atoms with Gasteiger partial charge in [0.25, 0.3) is 0 Å². The molecule has 1 rings (SSSR count). The van der Waals surface area contributed by atoms with Gasteiger partial charge in [0.1, 0.15) is 6.04 Å². The van der Waals surface area contributed by atoms with Gasteiger partial charge in [-0.1, -0.05) is 6.92 Å². The first-order valence-corrected chi connectivity index (χ1v) is 8.04. The van der Waals surface area contributed by atoms with Gasteiger partial charge >= 0.3 is 5.97 Å². The molecule has 0 aromatic heterocycles. The van der Waals surface area contributed by atoms with Gasteiger partial charge in [-0.2, -0.15) is 0 Å². The Labute approximate surface area is 117 Å². The van der Waals surface area contributed by atoms with Gasteiger partial charge in [-0.3, -0.25) is 4.79 Å². The first-order chi connectivity index (χ1) is 9.18. The van der Waals surface area contributed by atoms with Crippen LogP contribution in [0.15, 0.2) is 0 Å². The fraction of sp³-hybridized carbons (Fsp3) is 0.818. The van der Waals surface area contributed by atoms with Crippen LogP contribution in [0.25, 0.3) is 0 Å². The molecule has 116 valence electrons. The monoisotopic (exact) mass is 308 g/mol. The lowest BCUT2D eigenvalue weighted by Gasteiger charge is -2.25. The Morgan fingerprint density at radius 1 is 1.45 bits per heavy atom. The van der Waals surface area contributed by atoms with Crippen LogP contribution in [-0.2, 0) is 19.6 Å². The van der Waals surface area contributed by atoms with Crippen molar-refractivity contribution in [3.05, 3.63) is 0 Å². The van der Waals surface area contributed by atoms with Crippen molar-refractivity contribution in [2.24, 2.45) is 0 Å². The quantitative estimate of drug-likeness (QED) is 0.563. The smallest absolute Gasteiger partial charge is 0.326 e. The number of carboxylic acid groups (broad SMARTS) is 1. The van der Waals surface area contributed by atoms with Crippen LogP contribution in [0.3, 0.4) is 0 Å². The summed E-state index contributed by atoms with van der Waals surface area (Å²) in [6.07, 6.45) is -0.536. The average molecular weight is 308 g/mol. The zero-order valence-corrected chi connectivity index (χ0v) is 12.3. The highest BCUT2D eigenvalue weighted by Gasteiger charge is 2.40. The second-order valence-electron chi connectivity index (χ2n) is 4.89. The molecule has 0 radical (unpaired) electrons. The number of hydrogen-bond acceptors (Lipinski definition) is 5. The van der Waals surface area contributed by atoms with Crippen molar-refractivity contribution < 1.29 is 28.2 Å². The third-order valence-corrected chi connectivity index (χ3v) is 4.71. The first kappa shape index (κ1) is 16.9. The van der Waals surface area contributed by atoms with Crippen molar-refractivity contribution in [3.8, 4) is 0 Å². The van der Waals surface area contributed by atoms with Gasteiger partial charge in [0.05, 0.1) is 17.9 Å². The maximum Gasteiger partial charge on any atom is 0.326 e. The molecule has 1 heterocycles. The summed E-state index contributed by atoms with van der Waals surface area (Å²) in [6.45, 7) is 2.96. The number of likely N-dealkylation sites (tertiary alicyclic amines) is 1. The van der Waals surface area contributed by atoms with Crippen LogP contribution >= 0.6 is 0 Å². The van der Waals surface area contributed by atoms with E-state index in [9.17, 15) is 23.1 Å². The maximum absolute atomic E-state index is 12.1. The Hall–Kier alpha value is -1.19. The highest BCUT2D eigenvalue weighted by molar-refractivity contribution is 7.89. The van der Waals surface area contributed by atoms with Crippen molar-refractivity contribution in [2.75, 3.05) is 12.3 Å². The summed E-state index contributed by atoms with van der Waals surface area (Å²) in [5.74, 6) is -1.96. The van der Waals surface area contributed by atoms with E-state index in [0.717, 1.165) is 4.90 Å². The molecular weight excluding hydrogens is 288 g/mol. The number of aliphatic hydroxyl groups excluding tert-OH is 1. The predicted molar refractivity (Wildman–Crippen MR) is 70.4 cm³/mol. The molecule has 1 saturated heterocycles. The molecule has 1 unspecified atom stereocenters. The third kappa shape index (κ3) is 4.15. The van der Waals surface area contributed by atoms with Crippen molar-refractivity contribution >= 4 is 21.9 Å². The summed E-state index contributed by atoms with van der Waals surface area (Å²) in [5.41, 5.74) is 0. The lowest BCUT2D eigenvalue weighted by Crippen LogP contribution is -2.50. The van der Waals surface area contributed by atoms with Gasteiger partial charge < -0.3 is 15.1 Å². The molecule has 1 amide bonds. The van der Waals surface area contributed by atoms with E-state index >= 15 is 0 Å². The number of carbonyl (C=O) groups is 2. The highest BCUT2D eigenvalue weighted by Crippen LogP contribution is 2.19. The van der Waals surface area contributed by atoms with Crippen LogP contribution in [0.4, 0.5) is 0 Å². The van der Waals surface area contributed by atoms with E-state index in [1.54, 1.807) is 6.92 Å². The number of aliphatic carboxylic acids is 1. The minimum absolute atomic E-state index is 0.0461. The van der Waals surface area contributed by atoms with E-state index in [-0.39, 0.29) is 18.7 Å². The molecule has 3 N–H and O–H groups in total. The molecule has 1 fully saturated rings. The van der Waals surface area contributed by atoms with Crippen molar-refractivity contribution in [2.45, 2.75) is 44.9 Å². The van der Waals surface area contributed by atoms with Gasteiger partial charge in [-0.25, -0.2) is 17.9 Å². The number of carboxylic acids is 1. The number of β-amino-alcohol motifs (C(OH)–C–C–N with tert-alkyl or cyclic N) is 1. The number of hydrogen-bond donors (Lipinski definition) is 3. The van der Waals surface area contributed by atoms with Gasteiger partial charge in [-0.05, 0) is 13.3 Å². The lowest BCUT2D eigenvalue weighted by molar-refractivity contribution is -0.148. The summed E-state index contributed by atoms with van der Waals surface area (Å²) < 4.78 is 25.4. The summed E-state index contributed by atoms with van der Waals surface area (Å²) in [4.78, 5) is 24.1. The molecule has 1 aliphatic rings. The number of rotatable bonds is 6. The molecule has 0 aromatic rings. The first-order valence-electron chi connectivity index (χ1n) is 6.39. The molecule has 20 heavy (non-hydrogen) atoms. The van der Waals surface area contributed by atoms with Crippen LogP contribution in [-0.4, -0.2) is 65.9 Å². The van der Waals surface area contributed by atoms with Gasteiger partial charge in [0.15, 0.2) is 0 Å². The van der Waals surface area contributed by atoms with Crippen LogP contribution in [0, 0.1) is 0 Å². The molecular formula is C11H20N2O6S. The Morgan fingerprint density at radius 2 is 2.05 bits per heavy atom. The minimum Gasteiger partial charge on any atom is -0.480 e. The summed E-state index contributed by atoms with van der Waals surface area (Å²) in [5, 5.41) is 18.5. The third-order valence-electron chi connectivity index (χ3n) is 3.05. The molecule has 8 nitrogen and oxygen atoms in total. The molecule has 0 aromatic carbocycles. The van der Waals surface area contributed by atoms with Crippen molar-refractivity contribution in [1.82, 2.24) is 9.62 Å². The molecule has 0 bridgehead atoms. The van der Waals surface area contributed by atoms with E-state index in [0.29, 0.717) is 6.42 Å². The zero-order valence-electron chi connectivity index (χ0n) is 11.4. The van der Waals surface area contributed by atoms with E-state index in [1.807, 2.05) is 0 Å². The number of carbonyl (C=O) groups excluding carboxylic acids is 1. The summed E-state index contributed by atoms with van der Waals surface area (Å²) in [7, 11) is -3.56. The van der Waals surface area contributed by atoms with E-state index in [1.165, 1.54) is 6.92 Å². The van der Waals surface area contributed by atoms with E-state index < -0.39 is 40.1 Å². The fourth-order valence-electron chi connectivity index (χ4n) is 2.19. The van der Waals surface area contributed by atoms with Crippen LogP contribution in [0.1, 0.15) is 26.7 Å². The molecule has 3 atom stereocenters. The fourth-order valence-corrected chi connectivity index (χ4v) is 3.48. The number of nitrogens with zero attached hydrogens (tertiary/aromatic N) is 1. The molecule has 0 spiro atoms. The molecule has 9 heteroatoms.